The van der Waals surface area contributed by atoms with Crippen molar-refractivity contribution in [3.63, 3.8) is 0 Å². The zero-order valence-corrected chi connectivity index (χ0v) is 27.2. The molecule has 0 bridgehead atoms. The second kappa shape index (κ2) is 11.5. The molecule has 0 saturated heterocycles. The number of nitrogens with zero attached hydrogens (tertiary/aromatic N) is 2. The monoisotopic (exact) mass is 634 g/mol. The van der Waals surface area contributed by atoms with E-state index in [0.29, 0.717) is 5.82 Å². The summed E-state index contributed by atoms with van der Waals surface area (Å²) in [6.45, 7) is 0. The van der Waals surface area contributed by atoms with Crippen molar-refractivity contribution in [3.8, 4) is 45.0 Å². The van der Waals surface area contributed by atoms with Gasteiger partial charge in [0, 0.05) is 16.7 Å². The van der Waals surface area contributed by atoms with Crippen LogP contribution in [0, 0.1) is 0 Å². The Morgan fingerprint density at radius 2 is 0.820 bits per heavy atom. The van der Waals surface area contributed by atoms with E-state index in [1.807, 2.05) is 18.2 Å². The van der Waals surface area contributed by atoms with E-state index in [9.17, 15) is 0 Å². The molecule has 0 saturated carbocycles. The standard InChI is InChI=1S/C48H30N2/c1-2-14-33(15-3-1)48-49-45(36-25-26-39-35(28-36)23-22-31-12-4-7-17-37(31)39)30-46(50-48)41-20-10-11-21-42(41)47-40-19-9-6-16-34(40)29-44-38-18-8-5-13-32(38)24-27-43(44)47/h1-30H. The summed E-state index contributed by atoms with van der Waals surface area (Å²) >= 11 is 0. The Labute approximate surface area is 290 Å². The quantitative estimate of drug-likeness (QED) is 0.142. The lowest BCUT2D eigenvalue weighted by Crippen LogP contribution is -1.97. The fraction of sp³-hybridized carbons (Fsp3) is 0. The zero-order valence-electron chi connectivity index (χ0n) is 27.2. The topological polar surface area (TPSA) is 25.8 Å². The molecule has 0 aliphatic carbocycles. The van der Waals surface area contributed by atoms with E-state index >= 15 is 0 Å². The summed E-state index contributed by atoms with van der Waals surface area (Å²) in [5, 5.41) is 12.4. The van der Waals surface area contributed by atoms with Crippen LogP contribution in [0.5, 0.6) is 0 Å². The molecule has 50 heavy (non-hydrogen) atoms. The lowest BCUT2D eigenvalue weighted by Gasteiger charge is -2.17. The van der Waals surface area contributed by atoms with Crippen LogP contribution in [0.1, 0.15) is 0 Å². The van der Waals surface area contributed by atoms with Gasteiger partial charge in [0.05, 0.1) is 11.4 Å². The van der Waals surface area contributed by atoms with Gasteiger partial charge in [-0.3, -0.25) is 0 Å². The van der Waals surface area contributed by atoms with Gasteiger partial charge >= 0.3 is 0 Å². The summed E-state index contributed by atoms with van der Waals surface area (Å²) in [5.74, 6) is 0.709. The van der Waals surface area contributed by atoms with Gasteiger partial charge in [-0.1, -0.05) is 164 Å². The Balaban J connectivity index is 1.23. The zero-order chi connectivity index (χ0) is 33.0. The highest BCUT2D eigenvalue weighted by molar-refractivity contribution is 6.21. The first-order valence-electron chi connectivity index (χ1n) is 17.1. The maximum Gasteiger partial charge on any atom is 0.160 e. The third-order valence-corrected chi connectivity index (χ3v) is 10.0. The van der Waals surface area contributed by atoms with Crippen LogP contribution in [-0.2, 0) is 0 Å². The van der Waals surface area contributed by atoms with Crippen LogP contribution in [0.15, 0.2) is 182 Å². The molecule has 0 aliphatic rings. The minimum atomic E-state index is 0.709. The van der Waals surface area contributed by atoms with Crippen LogP contribution in [0.4, 0.5) is 0 Å². The normalized spacial score (nSPS) is 11.6. The maximum absolute atomic E-state index is 5.29. The molecule has 0 atom stereocenters. The van der Waals surface area contributed by atoms with Crippen LogP contribution in [-0.4, -0.2) is 9.97 Å². The molecule has 0 N–H and O–H groups in total. The van der Waals surface area contributed by atoms with Crippen LogP contribution in [0.3, 0.4) is 0 Å². The van der Waals surface area contributed by atoms with Crippen molar-refractivity contribution in [3.05, 3.63) is 182 Å². The molecule has 232 valence electrons. The molecule has 2 nitrogen and oxygen atoms in total. The summed E-state index contributed by atoms with van der Waals surface area (Å²) in [6, 6.07) is 65.2. The fourth-order valence-corrected chi connectivity index (χ4v) is 7.66. The van der Waals surface area contributed by atoms with Crippen molar-refractivity contribution in [2.75, 3.05) is 0 Å². The second-order valence-corrected chi connectivity index (χ2v) is 13.0. The summed E-state index contributed by atoms with van der Waals surface area (Å²) < 4.78 is 0. The third kappa shape index (κ3) is 4.65. The molecule has 0 unspecified atom stereocenters. The molecule has 0 fully saturated rings. The predicted molar refractivity (Wildman–Crippen MR) is 211 cm³/mol. The Bertz CT molecular complexity index is 2920. The number of fused-ring (bicyclic) bond motifs is 7. The lowest BCUT2D eigenvalue weighted by atomic mass is 9.87. The van der Waals surface area contributed by atoms with E-state index in [0.717, 1.165) is 33.6 Å². The molecular weight excluding hydrogens is 605 g/mol. The van der Waals surface area contributed by atoms with Crippen molar-refractivity contribution in [2.24, 2.45) is 0 Å². The highest BCUT2D eigenvalue weighted by Crippen LogP contribution is 2.43. The third-order valence-electron chi connectivity index (χ3n) is 10.0. The van der Waals surface area contributed by atoms with Gasteiger partial charge in [-0.25, -0.2) is 9.97 Å². The summed E-state index contributed by atoms with van der Waals surface area (Å²) in [4.78, 5) is 10.5. The van der Waals surface area contributed by atoms with Crippen LogP contribution in [0.2, 0.25) is 0 Å². The number of rotatable bonds is 4. The summed E-state index contributed by atoms with van der Waals surface area (Å²) in [5.41, 5.74) is 7.29. The molecule has 0 radical (unpaired) electrons. The first kappa shape index (κ1) is 28.4. The van der Waals surface area contributed by atoms with Gasteiger partial charge in [0.15, 0.2) is 5.82 Å². The molecule has 0 amide bonds. The van der Waals surface area contributed by atoms with E-state index in [1.54, 1.807) is 0 Å². The average Bonchev–Trinajstić information content (AvgIpc) is 3.20. The SMILES string of the molecule is c1ccc(-c2nc(-c3ccc4c(ccc5ccccc54)c3)cc(-c3ccccc3-c3c4ccccc4cc4c3ccc3ccccc34)n2)cc1. The largest absolute Gasteiger partial charge is 0.228 e. The Hall–Kier alpha value is -6.64. The van der Waals surface area contributed by atoms with Crippen LogP contribution in [0.25, 0.3) is 98.9 Å². The molecule has 1 heterocycles. The molecule has 9 aromatic carbocycles. The maximum atomic E-state index is 5.29. The Morgan fingerprint density at radius 1 is 0.280 bits per heavy atom. The van der Waals surface area contributed by atoms with E-state index in [1.165, 1.54) is 59.4 Å². The fourth-order valence-electron chi connectivity index (χ4n) is 7.66. The molecule has 10 rings (SSSR count). The number of hydrogen-bond acceptors (Lipinski definition) is 2. The van der Waals surface area contributed by atoms with E-state index in [-0.39, 0.29) is 0 Å². The molecule has 2 heteroatoms. The van der Waals surface area contributed by atoms with Gasteiger partial charge in [0.1, 0.15) is 0 Å². The number of aromatic nitrogens is 2. The van der Waals surface area contributed by atoms with E-state index < -0.39 is 0 Å². The number of benzene rings is 9. The van der Waals surface area contributed by atoms with Crippen molar-refractivity contribution in [1.29, 1.82) is 0 Å². The molecule has 1 aromatic heterocycles. The van der Waals surface area contributed by atoms with Gasteiger partial charge in [-0.15, -0.1) is 0 Å². The van der Waals surface area contributed by atoms with E-state index in [4.69, 9.17) is 9.97 Å². The highest BCUT2D eigenvalue weighted by Gasteiger charge is 2.18. The van der Waals surface area contributed by atoms with Gasteiger partial charge in [0.25, 0.3) is 0 Å². The molecule has 0 spiro atoms. The van der Waals surface area contributed by atoms with Crippen molar-refractivity contribution in [2.45, 2.75) is 0 Å². The van der Waals surface area contributed by atoms with Crippen molar-refractivity contribution >= 4 is 53.9 Å². The predicted octanol–water partition coefficient (Wildman–Crippen LogP) is 12.9. The summed E-state index contributed by atoms with van der Waals surface area (Å²) in [7, 11) is 0. The average molecular weight is 635 g/mol. The molecule has 0 aliphatic heterocycles. The first-order chi connectivity index (χ1) is 24.8. The van der Waals surface area contributed by atoms with Crippen molar-refractivity contribution < 1.29 is 0 Å². The second-order valence-electron chi connectivity index (χ2n) is 13.0. The van der Waals surface area contributed by atoms with Crippen LogP contribution >= 0.6 is 0 Å². The highest BCUT2D eigenvalue weighted by atomic mass is 14.9. The lowest BCUT2D eigenvalue weighted by molar-refractivity contribution is 1.18. The Morgan fingerprint density at radius 3 is 1.62 bits per heavy atom. The summed E-state index contributed by atoms with van der Waals surface area (Å²) in [6.07, 6.45) is 0. The van der Waals surface area contributed by atoms with Crippen LogP contribution < -0.4 is 0 Å². The number of hydrogen-bond donors (Lipinski definition) is 0. The smallest absolute Gasteiger partial charge is 0.160 e. The van der Waals surface area contributed by atoms with Gasteiger partial charge in [-0.2, -0.15) is 0 Å². The first-order valence-corrected chi connectivity index (χ1v) is 17.1. The van der Waals surface area contributed by atoms with Gasteiger partial charge in [0.2, 0.25) is 0 Å². The molecular formula is C48H30N2. The Kier molecular flexibility index (Phi) is 6.53. The minimum Gasteiger partial charge on any atom is -0.228 e. The molecule has 10 aromatic rings. The van der Waals surface area contributed by atoms with Gasteiger partial charge < -0.3 is 0 Å². The van der Waals surface area contributed by atoms with Crippen molar-refractivity contribution in [1.82, 2.24) is 9.97 Å². The minimum absolute atomic E-state index is 0.709. The van der Waals surface area contributed by atoms with Gasteiger partial charge in [-0.05, 0) is 83.2 Å². The van der Waals surface area contributed by atoms with E-state index in [2.05, 4.69) is 164 Å².